The highest BCUT2D eigenvalue weighted by Crippen LogP contribution is 2.39. The molecule has 0 spiro atoms. The topological polar surface area (TPSA) is 15.3 Å². The molecule has 3 unspecified atom stereocenters. The van der Waals surface area contributed by atoms with Crippen molar-refractivity contribution in [3.63, 3.8) is 0 Å². The average Bonchev–Trinajstić information content (AvgIpc) is 3.03. The molecule has 0 saturated heterocycles. The van der Waals surface area contributed by atoms with Gasteiger partial charge in [-0.3, -0.25) is 0 Å². The maximum absolute atomic E-state index is 3.68. The normalized spacial score (nSPS) is 23.8. The quantitative estimate of drug-likeness (QED) is 0.889. The summed E-state index contributed by atoms with van der Waals surface area (Å²) in [6, 6.07) is 7.05. The van der Waals surface area contributed by atoms with Gasteiger partial charge in [-0.05, 0) is 49.9 Å². The fourth-order valence-electron chi connectivity index (χ4n) is 2.37. The van der Waals surface area contributed by atoms with Crippen LogP contribution in [0, 0.1) is 11.8 Å². The first-order valence-electron chi connectivity index (χ1n) is 6.70. The molecule has 1 aromatic carbocycles. The number of anilines is 1. The van der Waals surface area contributed by atoms with Gasteiger partial charge in [-0.25, -0.2) is 0 Å². The summed E-state index contributed by atoms with van der Waals surface area (Å²) in [5.41, 5.74) is 2.61. The Bertz CT molecular complexity index is 419. The molecule has 0 bridgehead atoms. The minimum atomic E-state index is 0.377. The molecule has 2 rings (SSSR count). The van der Waals surface area contributed by atoms with E-state index >= 15 is 0 Å². The van der Waals surface area contributed by atoms with E-state index in [1.807, 2.05) is 7.05 Å². The molecule has 3 atom stereocenters. The summed E-state index contributed by atoms with van der Waals surface area (Å²) in [4.78, 5) is 2.37. The Labute approximate surface area is 119 Å². The molecule has 1 N–H and O–H groups in total. The molecule has 0 heterocycles. The lowest BCUT2D eigenvalue weighted by Crippen LogP contribution is -2.21. The summed E-state index contributed by atoms with van der Waals surface area (Å²) in [5, 5.41) is 3.28. The van der Waals surface area contributed by atoms with E-state index in [0.717, 1.165) is 11.8 Å². The molecular weight excluding hydrogens is 288 g/mol. The lowest BCUT2D eigenvalue weighted by molar-refractivity contribution is 0.649. The van der Waals surface area contributed by atoms with Crippen molar-refractivity contribution >= 4 is 21.6 Å². The molecule has 1 fully saturated rings. The highest BCUT2D eigenvalue weighted by molar-refractivity contribution is 9.10. The number of hydrogen-bond acceptors (Lipinski definition) is 2. The first-order valence-corrected chi connectivity index (χ1v) is 7.50. The van der Waals surface area contributed by atoms with Gasteiger partial charge in [0.15, 0.2) is 0 Å². The van der Waals surface area contributed by atoms with Crippen molar-refractivity contribution in [2.75, 3.05) is 25.5 Å². The van der Waals surface area contributed by atoms with Crippen molar-refractivity contribution in [2.24, 2.45) is 11.8 Å². The van der Waals surface area contributed by atoms with E-state index in [2.05, 4.69) is 65.2 Å². The minimum absolute atomic E-state index is 0.377. The lowest BCUT2D eigenvalue weighted by atomic mass is 10.1. The first kappa shape index (κ1) is 13.9. The number of nitrogens with zero attached hydrogens (tertiary/aromatic N) is 1. The van der Waals surface area contributed by atoms with Gasteiger partial charge in [0.05, 0.1) is 0 Å². The van der Waals surface area contributed by atoms with E-state index in [-0.39, 0.29) is 0 Å². The Morgan fingerprint density at radius 3 is 2.67 bits per heavy atom. The second-order valence-corrected chi connectivity index (χ2v) is 6.42. The standard InChI is InChI=1S/C15H23BrN2/c1-10-7-12(10)9-18(4)13-5-6-14(11(2)17-3)15(16)8-13/h5-6,8,10-12,17H,7,9H2,1-4H3. The van der Waals surface area contributed by atoms with Crippen LogP contribution >= 0.6 is 15.9 Å². The van der Waals surface area contributed by atoms with Gasteiger partial charge in [0.25, 0.3) is 0 Å². The monoisotopic (exact) mass is 310 g/mol. The molecule has 18 heavy (non-hydrogen) atoms. The summed E-state index contributed by atoms with van der Waals surface area (Å²) < 4.78 is 1.19. The predicted molar refractivity (Wildman–Crippen MR) is 82.2 cm³/mol. The summed E-state index contributed by atoms with van der Waals surface area (Å²) in [6.07, 6.45) is 1.39. The van der Waals surface area contributed by atoms with Crippen LogP contribution in [0.15, 0.2) is 22.7 Å². The third-order valence-electron chi connectivity index (χ3n) is 4.11. The fourth-order valence-corrected chi connectivity index (χ4v) is 3.08. The minimum Gasteiger partial charge on any atom is -0.374 e. The Balaban J connectivity index is 2.07. The van der Waals surface area contributed by atoms with Crippen LogP contribution in [0.4, 0.5) is 5.69 Å². The fraction of sp³-hybridized carbons (Fsp3) is 0.600. The Morgan fingerprint density at radius 1 is 1.50 bits per heavy atom. The summed E-state index contributed by atoms with van der Waals surface area (Å²) in [7, 11) is 4.18. The maximum atomic E-state index is 3.68. The number of rotatable bonds is 5. The first-order chi connectivity index (χ1) is 8.52. The molecule has 1 aliphatic rings. The third kappa shape index (κ3) is 3.07. The smallest absolute Gasteiger partial charge is 0.0375 e. The van der Waals surface area contributed by atoms with Crippen LogP contribution in [0.5, 0.6) is 0 Å². The van der Waals surface area contributed by atoms with E-state index in [4.69, 9.17) is 0 Å². The second kappa shape index (κ2) is 5.62. The second-order valence-electron chi connectivity index (χ2n) is 5.57. The van der Waals surface area contributed by atoms with Crippen LogP contribution in [0.2, 0.25) is 0 Å². The maximum Gasteiger partial charge on any atom is 0.0375 e. The van der Waals surface area contributed by atoms with E-state index in [9.17, 15) is 0 Å². The van der Waals surface area contributed by atoms with Crippen molar-refractivity contribution in [1.82, 2.24) is 5.32 Å². The summed E-state index contributed by atoms with van der Waals surface area (Å²) in [6.45, 7) is 5.69. The zero-order chi connectivity index (χ0) is 13.3. The number of nitrogens with one attached hydrogen (secondary N) is 1. The molecule has 3 heteroatoms. The van der Waals surface area contributed by atoms with E-state index < -0.39 is 0 Å². The third-order valence-corrected chi connectivity index (χ3v) is 4.80. The Hall–Kier alpha value is -0.540. The lowest BCUT2D eigenvalue weighted by Gasteiger charge is -2.21. The van der Waals surface area contributed by atoms with Crippen molar-refractivity contribution in [3.05, 3.63) is 28.2 Å². The molecular formula is C15H23BrN2. The SMILES string of the molecule is CNC(C)c1ccc(N(C)CC2CC2C)cc1Br. The zero-order valence-corrected chi connectivity index (χ0v) is 13.3. The highest BCUT2D eigenvalue weighted by Gasteiger charge is 2.33. The van der Waals surface area contributed by atoms with Crippen LogP contribution in [0.25, 0.3) is 0 Å². The predicted octanol–water partition coefficient (Wildman–Crippen LogP) is 3.82. The van der Waals surface area contributed by atoms with Gasteiger partial charge < -0.3 is 10.2 Å². The average molecular weight is 311 g/mol. The van der Waals surface area contributed by atoms with E-state index in [1.165, 1.54) is 28.7 Å². The van der Waals surface area contributed by atoms with Crippen LogP contribution in [0.3, 0.4) is 0 Å². The van der Waals surface area contributed by atoms with E-state index in [0.29, 0.717) is 6.04 Å². The molecule has 1 aromatic rings. The molecule has 100 valence electrons. The zero-order valence-electron chi connectivity index (χ0n) is 11.7. The Kier molecular flexibility index (Phi) is 4.33. The molecule has 1 saturated carbocycles. The molecule has 0 aliphatic heterocycles. The number of halogens is 1. The Morgan fingerprint density at radius 2 is 2.17 bits per heavy atom. The van der Waals surface area contributed by atoms with Gasteiger partial charge in [-0.1, -0.05) is 28.9 Å². The van der Waals surface area contributed by atoms with Crippen LogP contribution in [-0.2, 0) is 0 Å². The van der Waals surface area contributed by atoms with E-state index in [1.54, 1.807) is 0 Å². The molecule has 0 amide bonds. The molecule has 0 aromatic heterocycles. The van der Waals surface area contributed by atoms with Gasteiger partial charge in [0.2, 0.25) is 0 Å². The largest absolute Gasteiger partial charge is 0.374 e. The summed E-state index contributed by atoms with van der Waals surface area (Å²) in [5.74, 6) is 1.81. The van der Waals surface area contributed by atoms with Crippen molar-refractivity contribution in [3.8, 4) is 0 Å². The van der Waals surface area contributed by atoms with Gasteiger partial charge in [-0.15, -0.1) is 0 Å². The van der Waals surface area contributed by atoms with Crippen LogP contribution < -0.4 is 10.2 Å². The molecule has 2 nitrogen and oxygen atoms in total. The number of benzene rings is 1. The van der Waals surface area contributed by atoms with Gasteiger partial charge in [-0.2, -0.15) is 0 Å². The van der Waals surface area contributed by atoms with Crippen LogP contribution in [-0.4, -0.2) is 20.6 Å². The van der Waals surface area contributed by atoms with Crippen molar-refractivity contribution in [2.45, 2.75) is 26.3 Å². The van der Waals surface area contributed by atoms with Crippen molar-refractivity contribution < 1.29 is 0 Å². The van der Waals surface area contributed by atoms with Gasteiger partial charge >= 0.3 is 0 Å². The van der Waals surface area contributed by atoms with Gasteiger partial charge in [0.1, 0.15) is 0 Å². The highest BCUT2D eigenvalue weighted by atomic mass is 79.9. The summed E-state index contributed by atoms with van der Waals surface area (Å²) >= 11 is 3.68. The molecule has 0 radical (unpaired) electrons. The molecule has 1 aliphatic carbocycles. The number of hydrogen-bond donors (Lipinski definition) is 1. The van der Waals surface area contributed by atoms with Crippen LogP contribution in [0.1, 0.15) is 31.9 Å². The van der Waals surface area contributed by atoms with Crippen molar-refractivity contribution in [1.29, 1.82) is 0 Å². The van der Waals surface area contributed by atoms with Gasteiger partial charge in [0, 0.05) is 29.8 Å².